The number of carbonyl (C=O) groups excluding carboxylic acids is 2. The number of piperazine rings is 1. The lowest BCUT2D eigenvalue weighted by Gasteiger charge is -2.35. The van der Waals surface area contributed by atoms with E-state index in [1.165, 1.54) is 57.0 Å². The first-order chi connectivity index (χ1) is 14.4. The molecule has 3 fully saturated rings. The van der Waals surface area contributed by atoms with E-state index in [4.69, 9.17) is 11.6 Å². The molecule has 30 heavy (non-hydrogen) atoms. The molecule has 2 amide bonds. The fourth-order valence-corrected chi connectivity index (χ4v) is 4.62. The Balaban J connectivity index is 1.18. The molecule has 1 aromatic carbocycles. The van der Waals surface area contributed by atoms with Crippen molar-refractivity contribution in [3.63, 3.8) is 0 Å². The minimum atomic E-state index is -0.492. The van der Waals surface area contributed by atoms with Crippen molar-refractivity contribution in [2.75, 3.05) is 45.8 Å². The van der Waals surface area contributed by atoms with Gasteiger partial charge >= 0.3 is 0 Å². The van der Waals surface area contributed by atoms with Crippen LogP contribution in [0.4, 0.5) is 4.39 Å². The van der Waals surface area contributed by atoms with Gasteiger partial charge < -0.3 is 14.7 Å². The van der Waals surface area contributed by atoms with Gasteiger partial charge in [0.1, 0.15) is 12.4 Å². The summed E-state index contributed by atoms with van der Waals surface area (Å²) >= 11 is 5.76. The lowest BCUT2D eigenvalue weighted by Crippen LogP contribution is -2.52. The molecule has 1 aromatic rings. The Kier molecular flexibility index (Phi) is 6.44. The number of hydrogen-bond acceptors (Lipinski definition) is 3. The van der Waals surface area contributed by atoms with E-state index in [9.17, 15) is 14.0 Å². The molecule has 0 atom stereocenters. The number of nitrogens with zero attached hydrogens (tertiary/aromatic N) is 3. The Morgan fingerprint density at radius 1 is 1.10 bits per heavy atom. The molecule has 1 saturated carbocycles. The fourth-order valence-electron chi connectivity index (χ4n) is 4.43. The highest BCUT2D eigenvalue weighted by Crippen LogP contribution is 2.53. The standard InChI is InChI=1S/C23H29ClFN3O2/c24-19-16-18(2-4-20(19)25)3-5-21(29)28-15-14-27(22(30)17-28)11-1-10-26-12-8-23(6-7-23)9-13-26/h2-5,16H,1,6-15,17H2/b5-3+. The number of benzene rings is 1. The number of hydrogen-bond donors (Lipinski definition) is 0. The van der Waals surface area contributed by atoms with Gasteiger partial charge in [0.25, 0.3) is 0 Å². The molecule has 0 radical (unpaired) electrons. The molecule has 7 heteroatoms. The SMILES string of the molecule is O=C(/C=C/c1ccc(F)c(Cl)c1)N1CCN(CCCN2CCC3(CC2)CC3)C(=O)C1. The summed E-state index contributed by atoms with van der Waals surface area (Å²) in [6.45, 7) is 5.41. The van der Waals surface area contributed by atoms with E-state index in [0.29, 0.717) is 24.1 Å². The first kappa shape index (κ1) is 21.3. The van der Waals surface area contributed by atoms with Crippen LogP contribution in [0.15, 0.2) is 24.3 Å². The summed E-state index contributed by atoms with van der Waals surface area (Å²) in [5.74, 6) is -0.705. The van der Waals surface area contributed by atoms with Crippen LogP contribution >= 0.6 is 11.6 Å². The zero-order chi connectivity index (χ0) is 21.1. The fraction of sp³-hybridized carbons (Fsp3) is 0.565. The minimum Gasteiger partial charge on any atom is -0.339 e. The van der Waals surface area contributed by atoms with E-state index in [-0.39, 0.29) is 23.4 Å². The van der Waals surface area contributed by atoms with Crippen LogP contribution in [0.5, 0.6) is 0 Å². The second-order valence-electron chi connectivity index (χ2n) is 8.84. The second kappa shape index (κ2) is 9.06. The molecule has 1 aliphatic carbocycles. The zero-order valence-electron chi connectivity index (χ0n) is 17.3. The third-order valence-electron chi connectivity index (χ3n) is 6.77. The highest BCUT2D eigenvalue weighted by atomic mass is 35.5. The molecular weight excluding hydrogens is 405 g/mol. The predicted octanol–water partition coefficient (Wildman–Crippen LogP) is 3.43. The van der Waals surface area contributed by atoms with Crippen LogP contribution in [0.2, 0.25) is 5.02 Å². The number of amides is 2. The molecule has 4 rings (SSSR count). The molecule has 5 nitrogen and oxygen atoms in total. The summed E-state index contributed by atoms with van der Waals surface area (Å²) in [6.07, 6.45) is 9.51. The molecule has 2 heterocycles. The van der Waals surface area contributed by atoms with Crippen LogP contribution in [0, 0.1) is 11.2 Å². The minimum absolute atomic E-state index is 0.00315. The predicted molar refractivity (Wildman–Crippen MR) is 116 cm³/mol. The van der Waals surface area contributed by atoms with Crippen LogP contribution < -0.4 is 0 Å². The van der Waals surface area contributed by atoms with E-state index in [1.807, 2.05) is 4.90 Å². The van der Waals surface area contributed by atoms with E-state index in [2.05, 4.69) is 4.90 Å². The molecule has 0 aromatic heterocycles. The quantitative estimate of drug-likeness (QED) is 0.645. The Hall–Kier alpha value is -1.92. The van der Waals surface area contributed by atoms with Gasteiger partial charge in [-0.05, 0) is 80.9 Å². The van der Waals surface area contributed by atoms with Gasteiger partial charge in [0.15, 0.2) is 0 Å². The lowest BCUT2D eigenvalue weighted by molar-refractivity contribution is -0.142. The summed E-state index contributed by atoms with van der Waals surface area (Å²) in [5, 5.41) is 0.0185. The van der Waals surface area contributed by atoms with Crippen molar-refractivity contribution in [1.82, 2.24) is 14.7 Å². The summed E-state index contributed by atoms with van der Waals surface area (Å²) in [4.78, 5) is 30.8. The maximum absolute atomic E-state index is 13.2. The number of likely N-dealkylation sites (tertiary alicyclic amines) is 1. The highest BCUT2D eigenvalue weighted by molar-refractivity contribution is 6.30. The van der Waals surface area contributed by atoms with E-state index in [0.717, 1.165) is 19.5 Å². The van der Waals surface area contributed by atoms with Gasteiger partial charge in [-0.1, -0.05) is 17.7 Å². The molecule has 1 spiro atoms. The van der Waals surface area contributed by atoms with Crippen molar-refractivity contribution in [2.24, 2.45) is 5.41 Å². The van der Waals surface area contributed by atoms with Crippen molar-refractivity contribution in [2.45, 2.75) is 32.1 Å². The van der Waals surface area contributed by atoms with Gasteiger partial charge in [-0.25, -0.2) is 4.39 Å². The Bertz CT molecular complexity index is 830. The third-order valence-corrected chi connectivity index (χ3v) is 7.06. The normalized spacial score (nSPS) is 21.6. The van der Waals surface area contributed by atoms with Crippen molar-refractivity contribution in [3.05, 3.63) is 40.7 Å². The van der Waals surface area contributed by atoms with Crippen molar-refractivity contribution < 1.29 is 14.0 Å². The topological polar surface area (TPSA) is 43.9 Å². The molecule has 3 aliphatic rings. The van der Waals surface area contributed by atoms with Gasteiger partial charge in [-0.2, -0.15) is 0 Å². The average Bonchev–Trinajstić information content (AvgIpc) is 3.50. The van der Waals surface area contributed by atoms with Gasteiger partial charge in [-0.3, -0.25) is 9.59 Å². The number of rotatable bonds is 6. The van der Waals surface area contributed by atoms with Crippen molar-refractivity contribution in [1.29, 1.82) is 0 Å². The molecule has 0 unspecified atom stereocenters. The summed E-state index contributed by atoms with van der Waals surface area (Å²) < 4.78 is 13.2. The summed E-state index contributed by atoms with van der Waals surface area (Å²) in [7, 11) is 0. The van der Waals surface area contributed by atoms with E-state index >= 15 is 0 Å². The van der Waals surface area contributed by atoms with E-state index < -0.39 is 5.82 Å². The maximum atomic E-state index is 13.2. The van der Waals surface area contributed by atoms with Gasteiger partial charge in [0.05, 0.1) is 5.02 Å². The maximum Gasteiger partial charge on any atom is 0.247 e. The Morgan fingerprint density at radius 3 is 2.53 bits per heavy atom. The monoisotopic (exact) mass is 433 g/mol. The van der Waals surface area contributed by atoms with Gasteiger partial charge in [0.2, 0.25) is 11.8 Å². The average molecular weight is 434 g/mol. The Morgan fingerprint density at radius 2 is 1.87 bits per heavy atom. The van der Waals surface area contributed by atoms with Gasteiger partial charge in [0, 0.05) is 25.7 Å². The lowest BCUT2D eigenvalue weighted by atomic mass is 9.94. The summed E-state index contributed by atoms with van der Waals surface area (Å²) in [5.41, 5.74) is 1.34. The van der Waals surface area contributed by atoms with Crippen LogP contribution in [0.1, 0.15) is 37.7 Å². The Labute approximate surface area is 182 Å². The molecule has 0 N–H and O–H groups in total. The van der Waals surface area contributed by atoms with Crippen LogP contribution in [-0.4, -0.2) is 72.3 Å². The summed E-state index contributed by atoms with van der Waals surface area (Å²) in [6, 6.07) is 4.29. The zero-order valence-corrected chi connectivity index (χ0v) is 18.0. The van der Waals surface area contributed by atoms with Crippen molar-refractivity contribution in [3.8, 4) is 0 Å². The number of piperidine rings is 1. The molecule has 2 aliphatic heterocycles. The molecule has 2 saturated heterocycles. The first-order valence-electron chi connectivity index (χ1n) is 10.9. The van der Waals surface area contributed by atoms with Gasteiger partial charge in [-0.15, -0.1) is 0 Å². The van der Waals surface area contributed by atoms with Crippen molar-refractivity contribution >= 4 is 29.5 Å². The molecule has 162 valence electrons. The number of halogens is 2. The second-order valence-corrected chi connectivity index (χ2v) is 9.25. The van der Waals surface area contributed by atoms with Crippen LogP contribution in [-0.2, 0) is 9.59 Å². The molecular formula is C23H29ClFN3O2. The molecule has 0 bridgehead atoms. The smallest absolute Gasteiger partial charge is 0.247 e. The largest absolute Gasteiger partial charge is 0.339 e. The van der Waals surface area contributed by atoms with E-state index in [1.54, 1.807) is 17.0 Å². The first-order valence-corrected chi connectivity index (χ1v) is 11.2. The third kappa shape index (κ3) is 5.22. The number of carbonyl (C=O) groups is 2. The van der Waals surface area contributed by atoms with Crippen LogP contribution in [0.25, 0.3) is 6.08 Å². The highest BCUT2D eigenvalue weighted by Gasteiger charge is 2.44. The van der Waals surface area contributed by atoms with Crippen LogP contribution in [0.3, 0.4) is 0 Å².